The molecule has 1 atom stereocenters. The molecule has 2 aromatic carbocycles. The molecule has 0 aliphatic heterocycles. The molecule has 0 bridgehead atoms. The Balaban J connectivity index is 0.00000363. The minimum Gasteiger partial charge on any atom is -0.465 e. The summed E-state index contributed by atoms with van der Waals surface area (Å²) in [5, 5.41) is 1.31. The van der Waals surface area contributed by atoms with Crippen molar-refractivity contribution in [3.63, 3.8) is 0 Å². The number of nitrogens with two attached hydrogens (primary N) is 1. The first-order chi connectivity index (χ1) is 14.9. The molecule has 32 heavy (non-hydrogen) atoms. The highest BCUT2D eigenvalue weighted by Crippen LogP contribution is 2.33. The second-order valence-electron chi connectivity index (χ2n) is 6.85. The van der Waals surface area contributed by atoms with Gasteiger partial charge in [-0.2, -0.15) is 0 Å². The van der Waals surface area contributed by atoms with E-state index in [1.165, 1.54) is 17.6 Å². The van der Waals surface area contributed by atoms with Crippen molar-refractivity contribution < 1.29 is 17.9 Å². The highest BCUT2D eigenvalue weighted by Gasteiger charge is 2.30. The third-order valence-corrected chi connectivity index (χ3v) is 6.81. The molecule has 0 amide bonds. The van der Waals surface area contributed by atoms with Gasteiger partial charge in [-0.15, -0.1) is 12.4 Å². The van der Waals surface area contributed by atoms with E-state index in [9.17, 15) is 13.2 Å². The van der Waals surface area contributed by atoms with Crippen molar-refractivity contribution in [3.8, 4) is 0 Å². The molecular weight excluding hydrogens is 450 g/mol. The number of hydrogen-bond donors (Lipinski definition) is 1. The van der Waals surface area contributed by atoms with Crippen molar-refractivity contribution in [2.24, 2.45) is 5.73 Å². The Bertz CT molecular complexity index is 1210. The number of esters is 1. The van der Waals surface area contributed by atoms with Crippen LogP contribution in [0.5, 0.6) is 0 Å². The van der Waals surface area contributed by atoms with E-state index < -0.39 is 22.0 Å². The molecule has 1 heterocycles. The third kappa shape index (κ3) is 5.09. The van der Waals surface area contributed by atoms with Gasteiger partial charge in [-0.3, -0.25) is 9.29 Å². The summed E-state index contributed by atoms with van der Waals surface area (Å²) in [6.07, 6.45) is 6.76. The largest absolute Gasteiger partial charge is 0.465 e. The number of aromatic nitrogens is 1. The zero-order valence-corrected chi connectivity index (χ0v) is 19.5. The Morgan fingerprint density at radius 1 is 1.22 bits per heavy atom. The smallest absolute Gasteiger partial charge is 0.337 e. The summed E-state index contributed by atoms with van der Waals surface area (Å²) in [6, 6.07) is 13.0. The summed E-state index contributed by atoms with van der Waals surface area (Å²) < 4.78 is 33.8. The lowest BCUT2D eigenvalue weighted by Gasteiger charge is -2.30. The lowest BCUT2D eigenvalue weighted by atomic mass is 10.0. The van der Waals surface area contributed by atoms with Crippen molar-refractivity contribution in [1.29, 1.82) is 0 Å². The van der Waals surface area contributed by atoms with Crippen molar-refractivity contribution in [2.45, 2.75) is 24.3 Å². The van der Waals surface area contributed by atoms with E-state index in [0.717, 1.165) is 5.39 Å². The lowest BCUT2D eigenvalue weighted by Crippen LogP contribution is -2.31. The van der Waals surface area contributed by atoms with Crippen LogP contribution in [0.2, 0.25) is 0 Å². The molecule has 0 saturated carbocycles. The summed E-state index contributed by atoms with van der Waals surface area (Å²) >= 11 is 0. The molecule has 0 spiro atoms. The van der Waals surface area contributed by atoms with E-state index in [2.05, 4.69) is 4.98 Å². The van der Waals surface area contributed by atoms with Crippen LogP contribution in [0.1, 0.15) is 35.3 Å². The summed E-state index contributed by atoms with van der Waals surface area (Å²) in [5.74, 6) is -0.481. The summed E-state index contributed by atoms with van der Waals surface area (Å²) in [6.45, 7) is 2.07. The number of sulfonamides is 1. The zero-order chi connectivity index (χ0) is 22.4. The molecule has 0 aliphatic carbocycles. The number of methoxy groups -OCH3 is 1. The highest BCUT2D eigenvalue weighted by molar-refractivity contribution is 7.89. The fourth-order valence-corrected chi connectivity index (χ4v) is 5.29. The maximum atomic E-state index is 13.8. The third-order valence-electron chi connectivity index (χ3n) is 4.97. The van der Waals surface area contributed by atoms with Crippen LogP contribution in [0.4, 0.5) is 0 Å². The number of rotatable bonds is 8. The number of halogens is 1. The van der Waals surface area contributed by atoms with Gasteiger partial charge in [0.05, 0.1) is 23.6 Å². The Morgan fingerprint density at radius 2 is 1.97 bits per heavy atom. The lowest BCUT2D eigenvalue weighted by molar-refractivity contribution is 0.0600. The standard InChI is InChI=1S/C23H25N3O4S.ClH/c1-3-21(17-7-4-8-18(15-17)23(27)30-2)26(14-6-12-24)31(28,29)22-10-5-9-19-16-25-13-11-20(19)22;/h4-11,13-16,21H,3,12,24H2,1-2H3;1H. The van der Waals surface area contributed by atoms with Crippen LogP contribution in [0.3, 0.4) is 0 Å². The van der Waals surface area contributed by atoms with Crippen molar-refractivity contribution in [3.05, 3.63) is 84.3 Å². The molecule has 170 valence electrons. The summed E-state index contributed by atoms with van der Waals surface area (Å²) in [5.41, 5.74) is 6.67. The average Bonchev–Trinajstić information content (AvgIpc) is 2.80. The number of benzene rings is 2. The van der Waals surface area contributed by atoms with Gasteiger partial charge in [0, 0.05) is 35.9 Å². The fraction of sp³-hybridized carbons (Fsp3) is 0.217. The topological polar surface area (TPSA) is 103 Å². The first kappa shape index (κ1) is 25.3. The molecule has 0 radical (unpaired) electrons. The molecule has 3 rings (SSSR count). The molecule has 7 nitrogen and oxygen atoms in total. The molecule has 3 aromatic rings. The van der Waals surface area contributed by atoms with Gasteiger partial charge in [0.1, 0.15) is 0 Å². The van der Waals surface area contributed by atoms with Gasteiger partial charge in [0.15, 0.2) is 0 Å². The monoisotopic (exact) mass is 475 g/mol. The number of ether oxygens (including phenoxy) is 1. The zero-order valence-electron chi connectivity index (χ0n) is 17.8. The van der Waals surface area contributed by atoms with E-state index in [0.29, 0.717) is 22.9 Å². The molecule has 0 fully saturated rings. The second kappa shape index (κ2) is 11.1. The minimum absolute atomic E-state index is 0. The molecule has 0 saturated heterocycles. The Labute approximate surface area is 194 Å². The maximum absolute atomic E-state index is 13.8. The Kier molecular flexibility index (Phi) is 8.77. The molecule has 0 aliphatic rings. The number of pyridine rings is 1. The van der Waals surface area contributed by atoms with Crippen molar-refractivity contribution >= 4 is 39.2 Å². The predicted molar refractivity (Wildman–Crippen MR) is 127 cm³/mol. The fourth-order valence-electron chi connectivity index (χ4n) is 3.50. The minimum atomic E-state index is -3.95. The van der Waals surface area contributed by atoms with Crippen LogP contribution in [-0.2, 0) is 14.8 Å². The molecule has 1 aromatic heterocycles. The SMILES string of the molecule is CCC(c1cccc(C(=O)OC)c1)N(C=CCN)S(=O)(=O)c1cccc2cnccc12.Cl. The molecule has 2 N–H and O–H groups in total. The molecule has 9 heteroatoms. The van der Waals surface area contributed by atoms with Gasteiger partial charge in [0.2, 0.25) is 0 Å². The van der Waals surface area contributed by atoms with E-state index >= 15 is 0 Å². The van der Waals surface area contributed by atoms with Crippen LogP contribution in [0.25, 0.3) is 10.8 Å². The predicted octanol–water partition coefficient (Wildman–Crippen LogP) is 4.06. The maximum Gasteiger partial charge on any atom is 0.337 e. The number of nitrogens with zero attached hydrogens (tertiary/aromatic N) is 2. The molecular formula is C23H26ClN3O4S. The number of carbonyl (C=O) groups is 1. The highest BCUT2D eigenvalue weighted by atomic mass is 35.5. The summed E-state index contributed by atoms with van der Waals surface area (Å²) in [4.78, 5) is 16.3. The Hall–Kier alpha value is -2.94. The van der Waals surface area contributed by atoms with Crippen LogP contribution in [-0.4, -0.2) is 37.3 Å². The van der Waals surface area contributed by atoms with E-state index in [4.69, 9.17) is 10.5 Å². The van der Waals surface area contributed by atoms with Gasteiger partial charge in [-0.05, 0) is 36.2 Å². The van der Waals surface area contributed by atoms with Gasteiger partial charge < -0.3 is 10.5 Å². The quantitative estimate of drug-likeness (QED) is 0.493. The van der Waals surface area contributed by atoms with Crippen molar-refractivity contribution in [1.82, 2.24) is 9.29 Å². The molecule has 1 unspecified atom stereocenters. The van der Waals surface area contributed by atoms with Crippen LogP contribution < -0.4 is 5.73 Å². The van der Waals surface area contributed by atoms with E-state index in [-0.39, 0.29) is 23.8 Å². The summed E-state index contributed by atoms with van der Waals surface area (Å²) in [7, 11) is -2.64. The van der Waals surface area contributed by atoms with Gasteiger partial charge in [-0.1, -0.05) is 37.3 Å². The Morgan fingerprint density at radius 3 is 2.66 bits per heavy atom. The first-order valence-electron chi connectivity index (χ1n) is 9.85. The van der Waals surface area contributed by atoms with Gasteiger partial charge in [-0.25, -0.2) is 13.2 Å². The number of fused-ring (bicyclic) bond motifs is 1. The first-order valence-corrected chi connectivity index (χ1v) is 11.3. The van der Waals surface area contributed by atoms with Crippen LogP contribution in [0.15, 0.2) is 78.1 Å². The van der Waals surface area contributed by atoms with E-state index in [1.54, 1.807) is 60.9 Å². The second-order valence-corrected chi connectivity index (χ2v) is 8.66. The van der Waals surface area contributed by atoms with E-state index in [1.807, 2.05) is 13.0 Å². The normalized spacial score (nSPS) is 12.3. The van der Waals surface area contributed by atoms with Crippen LogP contribution >= 0.6 is 12.4 Å². The van der Waals surface area contributed by atoms with Gasteiger partial charge in [0.25, 0.3) is 10.0 Å². The number of carbonyl (C=O) groups excluding carboxylic acids is 1. The van der Waals surface area contributed by atoms with Gasteiger partial charge >= 0.3 is 5.97 Å². The van der Waals surface area contributed by atoms with Crippen LogP contribution in [0, 0.1) is 0 Å². The van der Waals surface area contributed by atoms with Crippen molar-refractivity contribution in [2.75, 3.05) is 13.7 Å². The average molecular weight is 476 g/mol. The number of hydrogen-bond acceptors (Lipinski definition) is 6.